The summed E-state index contributed by atoms with van der Waals surface area (Å²) < 4.78 is 1.84. The van der Waals surface area contributed by atoms with Gasteiger partial charge in [-0.3, -0.25) is 4.79 Å². The minimum atomic E-state index is 0.0368. The first kappa shape index (κ1) is 14.7. The van der Waals surface area contributed by atoms with E-state index in [1.165, 1.54) is 11.3 Å². The Kier molecular flexibility index (Phi) is 4.54. The summed E-state index contributed by atoms with van der Waals surface area (Å²) in [6, 6.07) is 2.05. The van der Waals surface area contributed by atoms with Crippen molar-refractivity contribution in [2.45, 2.75) is 40.2 Å². The molecule has 2 heterocycles. The summed E-state index contributed by atoms with van der Waals surface area (Å²) in [5.74, 6) is 0. The van der Waals surface area contributed by atoms with Gasteiger partial charge in [-0.15, -0.1) is 10.2 Å². The largest absolute Gasteiger partial charge is 0.363 e. The second kappa shape index (κ2) is 6.17. The summed E-state index contributed by atoms with van der Waals surface area (Å²) in [7, 11) is 1.80. The van der Waals surface area contributed by atoms with Gasteiger partial charge in [-0.05, 0) is 31.9 Å². The molecule has 0 atom stereocenters. The van der Waals surface area contributed by atoms with E-state index < -0.39 is 0 Å². The van der Waals surface area contributed by atoms with Gasteiger partial charge >= 0.3 is 0 Å². The molecule has 0 amide bonds. The monoisotopic (exact) mass is 292 g/mol. The van der Waals surface area contributed by atoms with Crippen LogP contribution in [0.5, 0.6) is 0 Å². The predicted octanol–water partition coefficient (Wildman–Crippen LogP) is 2.83. The zero-order chi connectivity index (χ0) is 14.7. The highest BCUT2D eigenvalue weighted by Gasteiger charge is 2.16. The molecule has 0 fully saturated rings. The fourth-order valence-electron chi connectivity index (χ4n) is 2.21. The number of pyridine rings is 1. The number of aryl methyl sites for hydroxylation is 2. The second-order valence-corrected chi connectivity index (χ2v) is 5.79. The third-order valence-corrected chi connectivity index (χ3v) is 4.25. The van der Waals surface area contributed by atoms with Crippen molar-refractivity contribution in [3.8, 4) is 10.6 Å². The van der Waals surface area contributed by atoms with Crippen molar-refractivity contribution in [2.75, 3.05) is 12.4 Å². The molecule has 0 unspecified atom stereocenters. The number of hydrogen-bond donors (Lipinski definition) is 1. The van der Waals surface area contributed by atoms with Crippen LogP contribution >= 0.6 is 11.3 Å². The Morgan fingerprint density at radius 3 is 2.70 bits per heavy atom. The first-order valence-corrected chi connectivity index (χ1v) is 7.62. The Hall–Kier alpha value is -1.69. The van der Waals surface area contributed by atoms with Gasteiger partial charge in [0.15, 0.2) is 5.01 Å². The number of unbranched alkanes of at least 4 members (excludes halogenated alkanes) is 1. The normalized spacial score (nSPS) is 10.8. The Balaban J connectivity index is 2.55. The molecule has 2 aromatic heterocycles. The van der Waals surface area contributed by atoms with Gasteiger partial charge < -0.3 is 9.88 Å². The zero-order valence-corrected chi connectivity index (χ0v) is 13.2. The number of hydrogen-bond acceptors (Lipinski definition) is 5. The van der Waals surface area contributed by atoms with Crippen LogP contribution in [0.3, 0.4) is 0 Å². The van der Waals surface area contributed by atoms with Crippen LogP contribution in [0.2, 0.25) is 0 Å². The van der Waals surface area contributed by atoms with Crippen LogP contribution in [0.1, 0.15) is 31.0 Å². The van der Waals surface area contributed by atoms with Gasteiger partial charge in [-0.1, -0.05) is 24.7 Å². The molecule has 1 N–H and O–H groups in total. The summed E-state index contributed by atoms with van der Waals surface area (Å²) in [6.07, 6.45) is 2.07. The van der Waals surface area contributed by atoms with Crippen LogP contribution in [0, 0.1) is 13.8 Å². The zero-order valence-electron chi connectivity index (χ0n) is 12.4. The van der Waals surface area contributed by atoms with Crippen LogP contribution in [0.4, 0.5) is 5.13 Å². The van der Waals surface area contributed by atoms with E-state index in [0.29, 0.717) is 10.6 Å². The highest BCUT2D eigenvalue weighted by atomic mass is 32.1. The molecular weight excluding hydrogens is 272 g/mol. The maximum absolute atomic E-state index is 12.7. The molecule has 0 aliphatic heterocycles. The van der Waals surface area contributed by atoms with E-state index in [9.17, 15) is 4.79 Å². The van der Waals surface area contributed by atoms with Crippen LogP contribution < -0.4 is 10.9 Å². The van der Waals surface area contributed by atoms with Crippen LogP contribution in [0.25, 0.3) is 10.6 Å². The smallest absolute Gasteiger partial charge is 0.261 e. The summed E-state index contributed by atoms with van der Waals surface area (Å²) in [6.45, 7) is 6.81. The van der Waals surface area contributed by atoms with Gasteiger partial charge in [0.1, 0.15) is 0 Å². The second-order valence-electron chi connectivity index (χ2n) is 4.82. The van der Waals surface area contributed by atoms with E-state index >= 15 is 0 Å². The number of nitrogens with zero attached hydrogens (tertiary/aromatic N) is 3. The van der Waals surface area contributed by atoms with Crippen molar-refractivity contribution in [1.82, 2.24) is 14.8 Å². The predicted molar refractivity (Wildman–Crippen MR) is 83.5 cm³/mol. The molecule has 0 radical (unpaired) electrons. The number of nitrogens with one attached hydrogen (secondary N) is 1. The lowest BCUT2D eigenvalue weighted by Crippen LogP contribution is -2.25. The summed E-state index contributed by atoms with van der Waals surface area (Å²) >= 11 is 1.41. The highest BCUT2D eigenvalue weighted by Crippen LogP contribution is 2.26. The third-order valence-electron chi connectivity index (χ3n) is 3.29. The van der Waals surface area contributed by atoms with Crippen LogP contribution in [-0.4, -0.2) is 21.8 Å². The molecule has 2 rings (SSSR count). The number of rotatable bonds is 5. The molecule has 0 aliphatic carbocycles. The lowest BCUT2D eigenvalue weighted by atomic mass is 10.1. The quantitative estimate of drug-likeness (QED) is 0.920. The topological polar surface area (TPSA) is 59.8 Å². The van der Waals surface area contributed by atoms with E-state index in [0.717, 1.165) is 35.8 Å². The maximum Gasteiger partial charge on any atom is 0.261 e. The molecule has 5 nitrogen and oxygen atoms in total. The molecule has 0 aliphatic rings. The van der Waals surface area contributed by atoms with E-state index in [2.05, 4.69) is 22.4 Å². The molecule has 0 spiro atoms. The van der Waals surface area contributed by atoms with Crippen molar-refractivity contribution in [2.24, 2.45) is 0 Å². The standard InChI is InChI=1S/C14H20N4OS/c1-5-6-7-18-10(3)8-9(2)11(13(18)19)12-16-17-14(15-4)20-12/h8H,5-7H2,1-4H3,(H,15,17). The minimum Gasteiger partial charge on any atom is -0.363 e. The molecular formula is C14H20N4OS. The van der Waals surface area contributed by atoms with Gasteiger partial charge in [-0.2, -0.15) is 0 Å². The van der Waals surface area contributed by atoms with Crippen molar-refractivity contribution in [3.05, 3.63) is 27.7 Å². The Bertz CT molecular complexity index is 660. The Labute approximate surface area is 122 Å². The van der Waals surface area contributed by atoms with Gasteiger partial charge in [0.25, 0.3) is 5.56 Å². The lowest BCUT2D eigenvalue weighted by Gasteiger charge is -2.12. The molecule has 0 aromatic carbocycles. The molecule has 20 heavy (non-hydrogen) atoms. The molecule has 108 valence electrons. The summed E-state index contributed by atoms with van der Waals surface area (Å²) in [5, 5.41) is 12.5. The van der Waals surface area contributed by atoms with Crippen molar-refractivity contribution in [3.63, 3.8) is 0 Å². The van der Waals surface area contributed by atoms with Crippen molar-refractivity contribution >= 4 is 16.5 Å². The highest BCUT2D eigenvalue weighted by molar-refractivity contribution is 7.18. The molecule has 6 heteroatoms. The fourth-order valence-corrected chi connectivity index (χ4v) is 3.01. The lowest BCUT2D eigenvalue weighted by molar-refractivity contribution is 0.599. The first-order chi connectivity index (χ1) is 9.58. The van der Waals surface area contributed by atoms with E-state index in [1.807, 2.05) is 24.5 Å². The average molecular weight is 292 g/mol. The average Bonchev–Trinajstić information content (AvgIpc) is 2.87. The van der Waals surface area contributed by atoms with Crippen molar-refractivity contribution in [1.29, 1.82) is 0 Å². The van der Waals surface area contributed by atoms with Crippen molar-refractivity contribution < 1.29 is 0 Å². The van der Waals surface area contributed by atoms with Gasteiger partial charge in [0.2, 0.25) is 5.13 Å². The maximum atomic E-state index is 12.7. The SMILES string of the molecule is CCCCn1c(C)cc(C)c(-c2nnc(NC)s2)c1=O. The molecule has 2 aromatic rings. The Morgan fingerprint density at radius 2 is 2.10 bits per heavy atom. The van der Waals surface area contributed by atoms with E-state index in [1.54, 1.807) is 7.05 Å². The minimum absolute atomic E-state index is 0.0368. The van der Waals surface area contributed by atoms with E-state index in [4.69, 9.17) is 0 Å². The summed E-state index contributed by atoms with van der Waals surface area (Å²) in [5.41, 5.74) is 2.67. The van der Waals surface area contributed by atoms with Crippen LogP contribution in [0.15, 0.2) is 10.9 Å². The van der Waals surface area contributed by atoms with Crippen LogP contribution in [-0.2, 0) is 6.54 Å². The molecule has 0 saturated heterocycles. The number of anilines is 1. The Morgan fingerprint density at radius 1 is 1.35 bits per heavy atom. The first-order valence-electron chi connectivity index (χ1n) is 6.81. The molecule has 0 saturated carbocycles. The van der Waals surface area contributed by atoms with Gasteiger partial charge in [0, 0.05) is 19.3 Å². The van der Waals surface area contributed by atoms with Gasteiger partial charge in [-0.25, -0.2) is 0 Å². The summed E-state index contributed by atoms with van der Waals surface area (Å²) in [4.78, 5) is 12.7. The fraction of sp³-hybridized carbons (Fsp3) is 0.500. The number of aromatic nitrogens is 3. The third kappa shape index (κ3) is 2.75. The van der Waals surface area contributed by atoms with Gasteiger partial charge in [0.05, 0.1) is 5.56 Å². The van der Waals surface area contributed by atoms with E-state index in [-0.39, 0.29) is 5.56 Å². The molecule has 0 bridgehead atoms.